The molecule has 2 nitrogen and oxygen atoms in total. The molecule has 58 valence electrons. The highest BCUT2D eigenvalue weighted by Crippen LogP contribution is 2.14. The predicted molar refractivity (Wildman–Crippen MR) is 40.7 cm³/mol. The van der Waals surface area contributed by atoms with Gasteiger partial charge in [-0.2, -0.15) is 0 Å². The monoisotopic (exact) mass is 141 g/mol. The number of carbonyl (C=O) groups excluding carboxylic acids is 1. The van der Waals surface area contributed by atoms with E-state index in [-0.39, 0.29) is 5.91 Å². The lowest BCUT2D eigenvalue weighted by Crippen LogP contribution is -2.37. The van der Waals surface area contributed by atoms with E-state index in [9.17, 15) is 4.79 Å². The number of piperidine rings is 1. The Hall–Kier alpha value is -0.530. The SMILES string of the molecule is CC(=O)N1CCCC(C)C1. The molecule has 0 radical (unpaired) electrons. The van der Waals surface area contributed by atoms with Gasteiger partial charge in [0.1, 0.15) is 0 Å². The fraction of sp³-hybridized carbons (Fsp3) is 0.875. The van der Waals surface area contributed by atoms with Crippen molar-refractivity contribution >= 4 is 5.91 Å². The summed E-state index contributed by atoms with van der Waals surface area (Å²) in [5, 5.41) is 0. The van der Waals surface area contributed by atoms with Crippen LogP contribution in [0.3, 0.4) is 0 Å². The van der Waals surface area contributed by atoms with E-state index in [1.54, 1.807) is 6.92 Å². The van der Waals surface area contributed by atoms with Crippen LogP contribution in [0.4, 0.5) is 0 Å². The van der Waals surface area contributed by atoms with Gasteiger partial charge in [-0.1, -0.05) is 6.92 Å². The Labute approximate surface area is 62.2 Å². The summed E-state index contributed by atoms with van der Waals surface area (Å²) in [5.74, 6) is 0.934. The lowest BCUT2D eigenvalue weighted by Gasteiger charge is -2.29. The van der Waals surface area contributed by atoms with Crippen LogP contribution in [0.15, 0.2) is 0 Å². The lowest BCUT2D eigenvalue weighted by molar-refractivity contribution is -0.130. The summed E-state index contributed by atoms with van der Waals surface area (Å²) in [6.07, 6.45) is 2.46. The van der Waals surface area contributed by atoms with Crippen molar-refractivity contribution in [2.24, 2.45) is 5.92 Å². The summed E-state index contributed by atoms with van der Waals surface area (Å²) in [5.41, 5.74) is 0. The first-order valence-corrected chi connectivity index (χ1v) is 3.95. The standard InChI is InChI=1S/C8H15NO/c1-7-4-3-5-9(6-7)8(2)10/h7H,3-6H2,1-2H3. The van der Waals surface area contributed by atoms with Gasteiger partial charge in [0.25, 0.3) is 0 Å². The Morgan fingerprint density at radius 2 is 2.30 bits per heavy atom. The highest BCUT2D eigenvalue weighted by molar-refractivity contribution is 5.73. The molecule has 1 atom stereocenters. The van der Waals surface area contributed by atoms with Gasteiger partial charge < -0.3 is 4.90 Å². The molecule has 0 aromatic carbocycles. The Morgan fingerprint density at radius 3 is 2.70 bits per heavy atom. The number of rotatable bonds is 0. The molecule has 1 fully saturated rings. The Kier molecular flexibility index (Phi) is 2.30. The maximum Gasteiger partial charge on any atom is 0.219 e. The van der Waals surface area contributed by atoms with Gasteiger partial charge in [-0.15, -0.1) is 0 Å². The van der Waals surface area contributed by atoms with Gasteiger partial charge in [0.15, 0.2) is 0 Å². The van der Waals surface area contributed by atoms with Crippen molar-refractivity contribution < 1.29 is 4.79 Å². The van der Waals surface area contributed by atoms with Crippen LogP contribution >= 0.6 is 0 Å². The zero-order valence-electron chi connectivity index (χ0n) is 6.76. The van der Waals surface area contributed by atoms with Crippen LogP contribution in [0.2, 0.25) is 0 Å². The topological polar surface area (TPSA) is 20.3 Å². The summed E-state index contributed by atoms with van der Waals surface area (Å²) < 4.78 is 0. The quantitative estimate of drug-likeness (QED) is 0.497. The summed E-state index contributed by atoms with van der Waals surface area (Å²) in [6, 6.07) is 0. The van der Waals surface area contributed by atoms with Crippen LogP contribution in [-0.4, -0.2) is 23.9 Å². The zero-order valence-corrected chi connectivity index (χ0v) is 6.76. The number of hydrogen-bond donors (Lipinski definition) is 0. The fourth-order valence-electron chi connectivity index (χ4n) is 1.48. The highest BCUT2D eigenvalue weighted by atomic mass is 16.2. The molecule has 0 N–H and O–H groups in total. The second kappa shape index (κ2) is 3.04. The molecule has 1 saturated heterocycles. The molecule has 1 unspecified atom stereocenters. The number of nitrogens with zero attached hydrogens (tertiary/aromatic N) is 1. The molecule has 0 spiro atoms. The molecule has 2 heteroatoms. The van der Waals surface area contributed by atoms with Crippen molar-refractivity contribution in [1.29, 1.82) is 0 Å². The molecule has 0 aromatic heterocycles. The zero-order chi connectivity index (χ0) is 7.56. The number of hydrogen-bond acceptors (Lipinski definition) is 1. The Bertz CT molecular complexity index is 133. The van der Waals surface area contributed by atoms with E-state index in [1.165, 1.54) is 12.8 Å². The average Bonchev–Trinajstić information content (AvgIpc) is 1.88. The van der Waals surface area contributed by atoms with Crippen molar-refractivity contribution in [3.05, 3.63) is 0 Å². The summed E-state index contributed by atoms with van der Waals surface area (Å²) in [6.45, 7) is 5.79. The van der Waals surface area contributed by atoms with Crippen molar-refractivity contribution in [3.8, 4) is 0 Å². The first kappa shape index (κ1) is 7.58. The van der Waals surface area contributed by atoms with Gasteiger partial charge in [0, 0.05) is 20.0 Å². The number of carbonyl (C=O) groups is 1. The van der Waals surface area contributed by atoms with Crippen LogP contribution in [0.5, 0.6) is 0 Å². The third-order valence-electron chi connectivity index (χ3n) is 2.10. The molecule has 1 heterocycles. The molecule has 1 aliphatic heterocycles. The minimum Gasteiger partial charge on any atom is -0.343 e. The van der Waals surface area contributed by atoms with E-state index < -0.39 is 0 Å². The molecule has 0 bridgehead atoms. The van der Waals surface area contributed by atoms with Crippen molar-refractivity contribution in [1.82, 2.24) is 4.90 Å². The van der Waals surface area contributed by atoms with Gasteiger partial charge in [-0.3, -0.25) is 4.79 Å². The third-order valence-corrected chi connectivity index (χ3v) is 2.10. The maximum absolute atomic E-state index is 10.9. The van der Waals surface area contributed by atoms with Crippen LogP contribution in [0.25, 0.3) is 0 Å². The first-order valence-electron chi connectivity index (χ1n) is 3.95. The highest BCUT2D eigenvalue weighted by Gasteiger charge is 2.17. The van der Waals surface area contributed by atoms with Crippen LogP contribution in [0.1, 0.15) is 26.7 Å². The summed E-state index contributed by atoms with van der Waals surface area (Å²) in [4.78, 5) is 12.8. The molecular weight excluding hydrogens is 126 g/mol. The minimum absolute atomic E-state index is 0.228. The number of likely N-dealkylation sites (tertiary alicyclic amines) is 1. The normalized spacial score (nSPS) is 26.6. The second-order valence-corrected chi connectivity index (χ2v) is 3.21. The van der Waals surface area contributed by atoms with E-state index in [0.717, 1.165) is 13.1 Å². The van der Waals surface area contributed by atoms with E-state index in [4.69, 9.17) is 0 Å². The van der Waals surface area contributed by atoms with Crippen molar-refractivity contribution in [2.45, 2.75) is 26.7 Å². The molecule has 1 amide bonds. The van der Waals surface area contributed by atoms with Crippen LogP contribution in [-0.2, 0) is 4.79 Å². The van der Waals surface area contributed by atoms with E-state index in [2.05, 4.69) is 6.92 Å². The van der Waals surface area contributed by atoms with Gasteiger partial charge in [-0.05, 0) is 18.8 Å². The molecule has 10 heavy (non-hydrogen) atoms. The maximum atomic E-state index is 10.9. The van der Waals surface area contributed by atoms with E-state index in [0.29, 0.717) is 5.92 Å². The van der Waals surface area contributed by atoms with Crippen molar-refractivity contribution in [3.63, 3.8) is 0 Å². The molecule has 1 aliphatic rings. The molecule has 0 aromatic rings. The first-order chi connectivity index (χ1) is 4.70. The second-order valence-electron chi connectivity index (χ2n) is 3.21. The molecule has 0 aliphatic carbocycles. The number of amides is 1. The van der Waals surface area contributed by atoms with Gasteiger partial charge >= 0.3 is 0 Å². The molecule has 1 rings (SSSR count). The van der Waals surface area contributed by atoms with E-state index in [1.807, 2.05) is 4.90 Å². The van der Waals surface area contributed by atoms with Crippen LogP contribution < -0.4 is 0 Å². The lowest BCUT2D eigenvalue weighted by atomic mass is 10.0. The smallest absolute Gasteiger partial charge is 0.219 e. The average molecular weight is 141 g/mol. The Balaban J connectivity index is 2.39. The summed E-state index contributed by atoms with van der Waals surface area (Å²) >= 11 is 0. The van der Waals surface area contributed by atoms with Gasteiger partial charge in [0.2, 0.25) is 5.91 Å². The van der Waals surface area contributed by atoms with Gasteiger partial charge in [-0.25, -0.2) is 0 Å². The summed E-state index contributed by atoms with van der Waals surface area (Å²) in [7, 11) is 0. The minimum atomic E-state index is 0.228. The fourth-order valence-corrected chi connectivity index (χ4v) is 1.48. The molecular formula is C8H15NO. The Morgan fingerprint density at radius 1 is 1.60 bits per heavy atom. The van der Waals surface area contributed by atoms with E-state index >= 15 is 0 Å². The van der Waals surface area contributed by atoms with Crippen LogP contribution in [0, 0.1) is 5.92 Å². The van der Waals surface area contributed by atoms with Gasteiger partial charge in [0.05, 0.1) is 0 Å². The third kappa shape index (κ3) is 1.72. The predicted octanol–water partition coefficient (Wildman–Crippen LogP) is 1.26. The van der Waals surface area contributed by atoms with Crippen molar-refractivity contribution in [2.75, 3.05) is 13.1 Å². The largest absolute Gasteiger partial charge is 0.343 e. The molecule has 0 saturated carbocycles.